The first-order valence-corrected chi connectivity index (χ1v) is 13.4. The van der Waals surface area contributed by atoms with Crippen molar-refractivity contribution >= 4 is 23.5 Å². The van der Waals surface area contributed by atoms with Gasteiger partial charge in [0.1, 0.15) is 0 Å². The molecule has 0 unspecified atom stereocenters. The van der Waals surface area contributed by atoms with Crippen molar-refractivity contribution in [2.24, 2.45) is 51.8 Å². The van der Waals surface area contributed by atoms with Gasteiger partial charge >= 0.3 is 5.97 Å². The molecule has 1 saturated heterocycles. The Morgan fingerprint density at radius 3 is 2.40 bits per heavy atom. The molecule has 1 N–H and O–H groups in total. The number of para-hydroxylation sites is 1. The second-order valence-corrected chi connectivity index (χ2v) is 12.8. The number of carbonyl (C=O) groups is 3. The molecule has 3 saturated carbocycles. The molecule has 5 nitrogen and oxygen atoms in total. The highest BCUT2D eigenvalue weighted by atomic mass is 16.4. The van der Waals surface area contributed by atoms with E-state index >= 15 is 0 Å². The number of hydrogen-bond donors (Lipinski definition) is 1. The second kappa shape index (κ2) is 7.30. The molecule has 4 fully saturated rings. The van der Waals surface area contributed by atoms with Gasteiger partial charge in [-0.25, -0.2) is 0 Å². The summed E-state index contributed by atoms with van der Waals surface area (Å²) in [7, 11) is 0. The second-order valence-electron chi connectivity index (χ2n) is 12.8. The van der Waals surface area contributed by atoms with E-state index in [1.165, 1.54) is 10.5 Å². The number of carboxylic acids is 1. The van der Waals surface area contributed by atoms with Gasteiger partial charge in [0.25, 0.3) is 0 Å². The van der Waals surface area contributed by atoms with Crippen molar-refractivity contribution in [3.63, 3.8) is 0 Å². The highest BCUT2D eigenvalue weighted by Gasteiger charge is 2.73. The predicted molar refractivity (Wildman–Crippen MR) is 133 cm³/mol. The number of benzene rings is 1. The van der Waals surface area contributed by atoms with Gasteiger partial charge in [-0.05, 0) is 80.2 Å². The van der Waals surface area contributed by atoms with Gasteiger partial charge in [-0.15, -0.1) is 0 Å². The molecule has 8 atom stereocenters. The molecular weight excluding hydrogens is 438 g/mol. The van der Waals surface area contributed by atoms with Gasteiger partial charge < -0.3 is 5.11 Å². The fourth-order valence-electron chi connectivity index (χ4n) is 9.79. The summed E-state index contributed by atoms with van der Waals surface area (Å²) in [6.45, 7) is 8.69. The summed E-state index contributed by atoms with van der Waals surface area (Å²) < 4.78 is 0. The highest BCUT2D eigenvalue weighted by molar-refractivity contribution is 6.22. The topological polar surface area (TPSA) is 74.7 Å². The zero-order chi connectivity index (χ0) is 24.9. The number of hydrogen-bond acceptors (Lipinski definition) is 3. The third-order valence-corrected chi connectivity index (χ3v) is 11.2. The number of imide groups is 1. The summed E-state index contributed by atoms with van der Waals surface area (Å²) in [6.07, 6.45) is 7.58. The first-order valence-electron chi connectivity index (χ1n) is 13.4. The summed E-state index contributed by atoms with van der Waals surface area (Å²) in [6, 6.07) is 9.39. The van der Waals surface area contributed by atoms with Crippen LogP contribution in [0.1, 0.15) is 66.2 Å². The highest BCUT2D eigenvalue weighted by Crippen LogP contribution is 2.74. The monoisotopic (exact) mass is 475 g/mol. The van der Waals surface area contributed by atoms with E-state index < -0.39 is 11.4 Å². The van der Waals surface area contributed by atoms with Crippen molar-refractivity contribution in [2.75, 3.05) is 4.90 Å². The van der Waals surface area contributed by atoms with Crippen LogP contribution in [0.3, 0.4) is 0 Å². The SMILES string of the molecule is CC(C)C1=C[C@]23CC[C@H]4[C@](C)(CCC[C@@]4(C)C(=O)O)[C@@H]2C[C@H]1[C@H]1C(=O)N(c2ccccc2)C(=O)[C@H]13. The number of allylic oxidation sites excluding steroid dienone is 2. The number of carboxylic acid groups (broad SMARTS) is 1. The van der Waals surface area contributed by atoms with Crippen LogP contribution in [0.4, 0.5) is 5.69 Å². The lowest BCUT2D eigenvalue weighted by atomic mass is 9.34. The van der Waals surface area contributed by atoms with Crippen molar-refractivity contribution in [1.29, 1.82) is 0 Å². The number of nitrogens with zero attached hydrogens (tertiary/aromatic N) is 1. The van der Waals surface area contributed by atoms with Gasteiger partial charge in [0.2, 0.25) is 11.8 Å². The van der Waals surface area contributed by atoms with Crippen molar-refractivity contribution < 1.29 is 19.5 Å². The Morgan fingerprint density at radius 2 is 1.74 bits per heavy atom. The molecule has 186 valence electrons. The standard InChI is InChI=1S/C30H37NO4/c1-17(2)20-16-30-14-11-21-28(3,12-8-13-29(21,4)27(34)35)22(30)15-19(20)23-24(30)26(33)31(25(23)32)18-9-6-5-7-10-18/h5-7,9-10,16-17,19,21-24H,8,11-15H2,1-4H3,(H,34,35)/t19-,21+,22+,23-,24+,28+,29-,30-/m1/s1. The third-order valence-electron chi connectivity index (χ3n) is 11.2. The smallest absolute Gasteiger partial charge is 0.309 e. The molecule has 1 aromatic rings. The van der Waals surface area contributed by atoms with E-state index in [0.29, 0.717) is 11.6 Å². The number of rotatable bonds is 3. The Labute approximate surface area is 208 Å². The summed E-state index contributed by atoms with van der Waals surface area (Å²) >= 11 is 0. The molecule has 7 rings (SSSR count). The minimum Gasteiger partial charge on any atom is -0.481 e. The first kappa shape index (κ1) is 23.0. The number of anilines is 1. The number of amides is 2. The quantitative estimate of drug-likeness (QED) is 0.449. The first-order chi connectivity index (χ1) is 16.6. The Bertz CT molecular complexity index is 1140. The number of aliphatic carboxylic acids is 1. The molecule has 0 aromatic heterocycles. The largest absolute Gasteiger partial charge is 0.481 e. The molecule has 6 aliphatic rings. The molecule has 1 heterocycles. The van der Waals surface area contributed by atoms with Crippen molar-refractivity contribution in [3.8, 4) is 0 Å². The lowest BCUT2D eigenvalue weighted by molar-refractivity contribution is -0.194. The van der Waals surface area contributed by atoms with Crippen LogP contribution in [0.15, 0.2) is 42.0 Å². The summed E-state index contributed by atoms with van der Waals surface area (Å²) in [5.74, 6) is -0.668. The van der Waals surface area contributed by atoms with Crippen LogP contribution in [0, 0.1) is 51.8 Å². The van der Waals surface area contributed by atoms with Crippen molar-refractivity contribution in [1.82, 2.24) is 0 Å². The molecule has 1 aliphatic heterocycles. The predicted octanol–water partition coefficient (Wildman–Crippen LogP) is 5.70. The van der Waals surface area contributed by atoms with Crippen LogP contribution in [0.25, 0.3) is 0 Å². The van der Waals surface area contributed by atoms with Crippen LogP contribution in [-0.2, 0) is 14.4 Å². The van der Waals surface area contributed by atoms with E-state index in [0.717, 1.165) is 38.5 Å². The normalized spacial score (nSPS) is 44.1. The van der Waals surface area contributed by atoms with Crippen LogP contribution in [0.5, 0.6) is 0 Å². The van der Waals surface area contributed by atoms with Crippen LogP contribution in [-0.4, -0.2) is 22.9 Å². The van der Waals surface area contributed by atoms with Gasteiger partial charge in [-0.3, -0.25) is 19.3 Å². The van der Waals surface area contributed by atoms with E-state index in [2.05, 4.69) is 26.8 Å². The van der Waals surface area contributed by atoms with Gasteiger partial charge in [-0.1, -0.05) is 57.0 Å². The van der Waals surface area contributed by atoms with Gasteiger partial charge in [0.05, 0.1) is 22.9 Å². The van der Waals surface area contributed by atoms with Gasteiger partial charge in [-0.2, -0.15) is 0 Å². The fraction of sp³-hybridized carbons (Fsp3) is 0.633. The Balaban J connectivity index is 1.50. The summed E-state index contributed by atoms with van der Waals surface area (Å²) in [4.78, 5) is 42.0. The Morgan fingerprint density at radius 1 is 1.03 bits per heavy atom. The number of carbonyl (C=O) groups excluding carboxylic acids is 2. The zero-order valence-electron chi connectivity index (χ0n) is 21.3. The van der Waals surface area contributed by atoms with Gasteiger partial charge in [0.15, 0.2) is 0 Å². The third kappa shape index (κ3) is 2.73. The minimum absolute atomic E-state index is 0.0356. The van der Waals surface area contributed by atoms with Gasteiger partial charge in [0, 0.05) is 5.41 Å². The lowest BCUT2D eigenvalue weighted by Gasteiger charge is -2.68. The molecule has 5 heteroatoms. The maximum atomic E-state index is 14.1. The fourth-order valence-corrected chi connectivity index (χ4v) is 9.79. The Kier molecular flexibility index (Phi) is 4.80. The molecule has 5 aliphatic carbocycles. The average Bonchev–Trinajstić information content (AvgIpc) is 3.11. The summed E-state index contributed by atoms with van der Waals surface area (Å²) in [5.41, 5.74) is 0.789. The Hall–Kier alpha value is -2.43. The maximum absolute atomic E-state index is 14.1. The van der Waals surface area contributed by atoms with E-state index in [1.54, 1.807) is 0 Å². The van der Waals surface area contributed by atoms with E-state index in [-0.39, 0.29) is 52.2 Å². The summed E-state index contributed by atoms with van der Waals surface area (Å²) in [5, 5.41) is 10.3. The van der Waals surface area contributed by atoms with E-state index in [9.17, 15) is 19.5 Å². The molecule has 35 heavy (non-hydrogen) atoms. The van der Waals surface area contributed by atoms with Crippen LogP contribution < -0.4 is 4.90 Å². The molecule has 2 amide bonds. The van der Waals surface area contributed by atoms with Crippen LogP contribution in [0.2, 0.25) is 0 Å². The average molecular weight is 476 g/mol. The maximum Gasteiger partial charge on any atom is 0.309 e. The van der Waals surface area contributed by atoms with Crippen molar-refractivity contribution in [3.05, 3.63) is 42.0 Å². The number of fused-ring (bicyclic) bond motifs is 1. The molecule has 2 bridgehead atoms. The minimum atomic E-state index is -0.721. The lowest BCUT2D eigenvalue weighted by Crippen LogP contribution is -2.65. The molecule has 0 radical (unpaired) electrons. The van der Waals surface area contributed by atoms with E-state index in [4.69, 9.17) is 0 Å². The molecule has 1 aromatic carbocycles. The van der Waals surface area contributed by atoms with E-state index in [1.807, 2.05) is 37.3 Å². The van der Waals surface area contributed by atoms with Crippen LogP contribution >= 0.6 is 0 Å². The van der Waals surface area contributed by atoms with Crippen molar-refractivity contribution in [2.45, 2.75) is 66.2 Å². The zero-order valence-corrected chi connectivity index (χ0v) is 21.3. The molecular formula is C30H37NO4. The molecule has 1 spiro atoms.